The van der Waals surface area contributed by atoms with Crippen LogP contribution in [-0.2, 0) is 11.3 Å². The second-order valence-corrected chi connectivity index (χ2v) is 6.60. The molecule has 29 heavy (non-hydrogen) atoms. The number of halogens is 1. The molecule has 0 aromatic heterocycles. The predicted molar refractivity (Wildman–Crippen MR) is 110 cm³/mol. The smallest absolute Gasteiger partial charge is 0.329 e. The number of methoxy groups -OCH3 is 1. The molecule has 1 N–H and O–H groups in total. The number of nitrogens with one attached hydrogen (secondary N) is 1. The molecule has 2 aromatic rings. The van der Waals surface area contributed by atoms with Gasteiger partial charge in [0.2, 0.25) is 0 Å². The third kappa shape index (κ3) is 4.39. The average Bonchev–Trinajstić information content (AvgIpc) is 2.98. The van der Waals surface area contributed by atoms with E-state index in [1.54, 1.807) is 25.3 Å². The number of nitrogens with zero attached hydrogens (tertiary/aromatic N) is 2. The molecule has 7 heteroatoms. The van der Waals surface area contributed by atoms with Crippen molar-refractivity contribution in [3.8, 4) is 5.75 Å². The maximum Gasteiger partial charge on any atom is 0.329 e. The fourth-order valence-electron chi connectivity index (χ4n) is 3.25. The number of hydrogen-bond donors (Lipinski definition) is 1. The minimum absolute atomic E-state index is 0.0698. The number of rotatable bonds is 7. The first-order valence-corrected chi connectivity index (χ1v) is 9.48. The predicted octanol–water partition coefficient (Wildman–Crippen LogP) is 3.77. The van der Waals surface area contributed by atoms with Crippen molar-refractivity contribution in [3.05, 3.63) is 65.1 Å². The van der Waals surface area contributed by atoms with Gasteiger partial charge in [0.25, 0.3) is 5.91 Å². The molecule has 0 atom stereocenters. The molecule has 1 aliphatic heterocycles. The summed E-state index contributed by atoms with van der Waals surface area (Å²) < 4.78 is 18.6. The van der Waals surface area contributed by atoms with Crippen LogP contribution in [0.15, 0.2) is 48.2 Å². The molecule has 2 aromatic carbocycles. The van der Waals surface area contributed by atoms with E-state index in [9.17, 15) is 14.0 Å². The normalized spacial score (nSPS) is 15.0. The van der Waals surface area contributed by atoms with Gasteiger partial charge in [-0.2, -0.15) is 0 Å². The number of amides is 3. The molecular formula is C22H24FN3O3. The summed E-state index contributed by atoms with van der Waals surface area (Å²) in [6.45, 7) is 5.96. The minimum Gasteiger partial charge on any atom is -0.496 e. The fraction of sp³-hybridized carbons (Fsp3) is 0.273. The highest BCUT2D eigenvalue weighted by Gasteiger charge is 2.33. The van der Waals surface area contributed by atoms with Gasteiger partial charge in [-0.1, -0.05) is 12.1 Å². The maximum atomic E-state index is 13.1. The molecule has 152 valence electrons. The molecule has 3 rings (SSSR count). The largest absolute Gasteiger partial charge is 0.496 e. The Balaban J connectivity index is 1.84. The SMILES string of the molecule is CCN(CC)c1ccc(/C=C2/NC(=O)N(Cc3ccc(F)cc3)C2=O)c(OC)c1. The number of urea groups is 1. The molecule has 0 radical (unpaired) electrons. The van der Waals surface area contributed by atoms with E-state index in [1.807, 2.05) is 18.2 Å². The van der Waals surface area contributed by atoms with Gasteiger partial charge in [0, 0.05) is 30.4 Å². The van der Waals surface area contributed by atoms with Crippen molar-refractivity contribution in [2.75, 3.05) is 25.1 Å². The summed E-state index contributed by atoms with van der Waals surface area (Å²) in [5.74, 6) is -0.193. The topological polar surface area (TPSA) is 61.9 Å². The van der Waals surface area contributed by atoms with E-state index in [2.05, 4.69) is 24.1 Å². The van der Waals surface area contributed by atoms with Gasteiger partial charge < -0.3 is 15.0 Å². The first-order chi connectivity index (χ1) is 14.0. The second kappa shape index (κ2) is 8.77. The van der Waals surface area contributed by atoms with Crippen molar-refractivity contribution in [2.24, 2.45) is 0 Å². The zero-order valence-electron chi connectivity index (χ0n) is 16.7. The van der Waals surface area contributed by atoms with Crippen LogP contribution < -0.4 is 15.0 Å². The van der Waals surface area contributed by atoms with E-state index in [-0.39, 0.29) is 18.1 Å². The summed E-state index contributed by atoms with van der Waals surface area (Å²) in [4.78, 5) is 28.3. The van der Waals surface area contributed by atoms with E-state index in [1.165, 1.54) is 12.1 Å². The van der Waals surface area contributed by atoms with Crippen molar-refractivity contribution in [1.29, 1.82) is 0 Å². The summed E-state index contributed by atoms with van der Waals surface area (Å²) >= 11 is 0. The number of anilines is 1. The van der Waals surface area contributed by atoms with E-state index >= 15 is 0 Å². The standard InChI is InChI=1S/C22H24FN3O3/c1-4-25(5-2)18-11-8-16(20(13-18)29-3)12-19-21(27)26(22(28)24-19)14-15-6-9-17(23)10-7-15/h6-13H,4-5,14H2,1-3H3,(H,24,28)/b19-12+. The summed E-state index contributed by atoms with van der Waals surface area (Å²) in [6.07, 6.45) is 1.61. The Kier molecular flexibility index (Phi) is 6.16. The molecule has 0 bridgehead atoms. The third-order valence-electron chi connectivity index (χ3n) is 4.86. The lowest BCUT2D eigenvalue weighted by molar-refractivity contribution is -0.123. The first-order valence-electron chi connectivity index (χ1n) is 9.48. The molecule has 1 heterocycles. The van der Waals surface area contributed by atoms with Crippen molar-refractivity contribution in [3.63, 3.8) is 0 Å². The van der Waals surface area contributed by atoms with E-state index in [0.29, 0.717) is 16.9 Å². The number of benzene rings is 2. The molecule has 3 amide bonds. The summed E-state index contributed by atoms with van der Waals surface area (Å²) in [6, 6.07) is 10.9. The van der Waals surface area contributed by atoms with E-state index < -0.39 is 11.9 Å². The van der Waals surface area contributed by atoms with Crippen molar-refractivity contribution < 1.29 is 18.7 Å². The number of carbonyl (C=O) groups is 2. The van der Waals surface area contributed by atoms with Crippen LogP contribution in [0.5, 0.6) is 5.75 Å². The number of ether oxygens (including phenoxy) is 1. The quantitative estimate of drug-likeness (QED) is 0.571. The summed E-state index contributed by atoms with van der Waals surface area (Å²) in [7, 11) is 1.57. The van der Waals surface area contributed by atoms with Crippen LogP contribution in [0.1, 0.15) is 25.0 Å². The van der Waals surface area contributed by atoms with E-state index in [4.69, 9.17) is 4.74 Å². The lowest BCUT2D eigenvalue weighted by Crippen LogP contribution is -2.30. The summed E-state index contributed by atoms with van der Waals surface area (Å²) in [5.41, 5.74) is 2.55. The molecule has 1 saturated heterocycles. The Labute approximate surface area is 169 Å². The van der Waals surface area contributed by atoms with Gasteiger partial charge in [-0.05, 0) is 49.8 Å². The van der Waals surface area contributed by atoms with Crippen LogP contribution in [0.4, 0.5) is 14.9 Å². The van der Waals surface area contributed by atoms with Gasteiger partial charge in [0.15, 0.2) is 0 Å². The van der Waals surface area contributed by atoms with Crippen LogP contribution >= 0.6 is 0 Å². The highest BCUT2D eigenvalue weighted by molar-refractivity contribution is 6.14. The second-order valence-electron chi connectivity index (χ2n) is 6.60. The van der Waals surface area contributed by atoms with Crippen LogP contribution in [0.2, 0.25) is 0 Å². The highest BCUT2D eigenvalue weighted by atomic mass is 19.1. The lowest BCUT2D eigenvalue weighted by atomic mass is 10.1. The van der Waals surface area contributed by atoms with Gasteiger partial charge in [0.1, 0.15) is 17.3 Å². The zero-order valence-corrected chi connectivity index (χ0v) is 16.7. The minimum atomic E-state index is -0.510. The molecule has 1 fully saturated rings. The van der Waals surface area contributed by atoms with Gasteiger partial charge in [-0.3, -0.25) is 9.69 Å². The van der Waals surface area contributed by atoms with Crippen LogP contribution in [-0.4, -0.2) is 37.0 Å². The molecule has 0 saturated carbocycles. The highest BCUT2D eigenvalue weighted by Crippen LogP contribution is 2.28. The van der Waals surface area contributed by atoms with Crippen molar-refractivity contribution in [2.45, 2.75) is 20.4 Å². The molecule has 0 spiro atoms. The Morgan fingerprint density at radius 2 is 1.79 bits per heavy atom. The monoisotopic (exact) mass is 397 g/mol. The molecular weight excluding hydrogens is 373 g/mol. The number of carbonyl (C=O) groups excluding carboxylic acids is 2. The van der Waals surface area contributed by atoms with Gasteiger partial charge in [-0.15, -0.1) is 0 Å². The van der Waals surface area contributed by atoms with Crippen LogP contribution in [0.25, 0.3) is 6.08 Å². The van der Waals surface area contributed by atoms with Gasteiger partial charge >= 0.3 is 6.03 Å². The molecule has 6 nitrogen and oxygen atoms in total. The Morgan fingerprint density at radius 3 is 2.41 bits per heavy atom. The molecule has 0 unspecified atom stereocenters. The number of imide groups is 1. The van der Waals surface area contributed by atoms with Crippen molar-refractivity contribution in [1.82, 2.24) is 10.2 Å². The van der Waals surface area contributed by atoms with Crippen LogP contribution in [0, 0.1) is 5.82 Å². The Bertz CT molecular complexity index is 937. The maximum absolute atomic E-state index is 13.1. The summed E-state index contributed by atoms with van der Waals surface area (Å²) in [5, 5.41) is 2.60. The third-order valence-corrected chi connectivity index (χ3v) is 4.86. The van der Waals surface area contributed by atoms with Crippen LogP contribution in [0.3, 0.4) is 0 Å². The van der Waals surface area contributed by atoms with Crippen molar-refractivity contribution >= 4 is 23.7 Å². The van der Waals surface area contributed by atoms with Gasteiger partial charge in [-0.25, -0.2) is 9.18 Å². The fourth-order valence-corrected chi connectivity index (χ4v) is 3.25. The van der Waals surface area contributed by atoms with Gasteiger partial charge in [0.05, 0.1) is 13.7 Å². The zero-order chi connectivity index (χ0) is 21.0. The first kappa shape index (κ1) is 20.4. The Hall–Kier alpha value is -3.35. The molecule has 1 aliphatic rings. The lowest BCUT2D eigenvalue weighted by Gasteiger charge is -2.22. The Morgan fingerprint density at radius 1 is 1.10 bits per heavy atom. The van der Waals surface area contributed by atoms with E-state index in [0.717, 1.165) is 23.7 Å². The average molecular weight is 397 g/mol. The molecule has 0 aliphatic carbocycles. The number of hydrogen-bond acceptors (Lipinski definition) is 4.